The minimum atomic E-state index is 0. The molecule has 0 amide bonds. The predicted molar refractivity (Wildman–Crippen MR) is 134 cm³/mol. The summed E-state index contributed by atoms with van der Waals surface area (Å²) in [5.74, 6) is 3.19. The molecule has 1 saturated heterocycles. The third-order valence-corrected chi connectivity index (χ3v) is 4.73. The van der Waals surface area contributed by atoms with Crippen molar-refractivity contribution in [3.8, 4) is 11.5 Å². The summed E-state index contributed by atoms with van der Waals surface area (Å²) >= 11 is 0. The molecule has 7 nitrogen and oxygen atoms in total. The Hall–Kier alpha value is -2.23. The van der Waals surface area contributed by atoms with Crippen LogP contribution in [0.3, 0.4) is 0 Å². The fourth-order valence-electron chi connectivity index (χ4n) is 3.28. The van der Waals surface area contributed by atoms with Crippen molar-refractivity contribution in [3.63, 3.8) is 0 Å². The quantitative estimate of drug-likeness (QED) is 0.305. The zero-order valence-electron chi connectivity index (χ0n) is 18.0. The number of benzene rings is 1. The van der Waals surface area contributed by atoms with Crippen molar-refractivity contribution in [1.82, 2.24) is 10.3 Å². The second-order valence-electron chi connectivity index (χ2n) is 6.84. The Morgan fingerprint density at radius 1 is 1.13 bits per heavy atom. The van der Waals surface area contributed by atoms with E-state index in [1.807, 2.05) is 38.2 Å². The van der Waals surface area contributed by atoms with Crippen LogP contribution in [0.15, 0.2) is 41.5 Å². The average Bonchev–Trinajstić information content (AvgIpc) is 3.29. The Morgan fingerprint density at radius 3 is 2.57 bits per heavy atom. The first-order chi connectivity index (χ1) is 14.2. The van der Waals surface area contributed by atoms with E-state index < -0.39 is 0 Å². The van der Waals surface area contributed by atoms with Crippen molar-refractivity contribution in [2.45, 2.75) is 33.2 Å². The highest BCUT2D eigenvalue weighted by atomic mass is 127. The predicted octanol–water partition coefficient (Wildman–Crippen LogP) is 4.28. The van der Waals surface area contributed by atoms with Gasteiger partial charge in [-0.15, -0.1) is 24.0 Å². The zero-order chi connectivity index (χ0) is 20.5. The molecule has 0 aliphatic carbocycles. The highest BCUT2D eigenvalue weighted by Crippen LogP contribution is 2.30. The van der Waals surface area contributed by atoms with Gasteiger partial charge in [-0.25, -0.2) is 9.98 Å². The van der Waals surface area contributed by atoms with Crippen LogP contribution in [-0.4, -0.2) is 44.3 Å². The van der Waals surface area contributed by atoms with Gasteiger partial charge in [0.15, 0.2) is 17.5 Å². The second-order valence-corrected chi connectivity index (χ2v) is 6.84. The molecule has 0 bridgehead atoms. The van der Waals surface area contributed by atoms with Crippen LogP contribution < -0.4 is 25.0 Å². The third kappa shape index (κ3) is 6.65. The van der Waals surface area contributed by atoms with Crippen LogP contribution in [0.4, 0.5) is 11.5 Å². The lowest BCUT2D eigenvalue weighted by Crippen LogP contribution is -2.30. The van der Waals surface area contributed by atoms with Crippen molar-refractivity contribution in [2.75, 3.05) is 43.6 Å². The summed E-state index contributed by atoms with van der Waals surface area (Å²) in [5, 5.41) is 6.60. The van der Waals surface area contributed by atoms with E-state index >= 15 is 0 Å². The van der Waals surface area contributed by atoms with Gasteiger partial charge in [-0.05, 0) is 50.5 Å². The van der Waals surface area contributed by atoms with Crippen LogP contribution >= 0.6 is 24.0 Å². The van der Waals surface area contributed by atoms with E-state index in [2.05, 4.69) is 37.6 Å². The van der Waals surface area contributed by atoms with Crippen LogP contribution in [0.25, 0.3) is 0 Å². The van der Waals surface area contributed by atoms with Crippen LogP contribution in [0, 0.1) is 0 Å². The van der Waals surface area contributed by atoms with Gasteiger partial charge in [0.05, 0.1) is 20.3 Å². The lowest BCUT2D eigenvalue weighted by molar-refractivity contribution is 0.311. The van der Waals surface area contributed by atoms with E-state index in [0.717, 1.165) is 42.5 Å². The fraction of sp³-hybridized carbons (Fsp3) is 0.455. The number of nitrogens with one attached hydrogen (secondary N) is 2. The molecule has 8 heteroatoms. The maximum absolute atomic E-state index is 5.58. The standard InChI is InChI=1S/C22H31N5O2.HI/c1-4-23-22(26-18-9-10-19(29-5-2)20(14-18)28-3)25-16-17-8-11-21(24-15-17)27-12-6-7-13-27;/h8-11,14-15H,4-7,12-13,16H2,1-3H3,(H2,23,25,26);1H. The Bertz CT molecular complexity index is 808. The van der Waals surface area contributed by atoms with E-state index in [1.165, 1.54) is 12.8 Å². The summed E-state index contributed by atoms with van der Waals surface area (Å²) < 4.78 is 11.0. The van der Waals surface area contributed by atoms with E-state index in [0.29, 0.717) is 24.9 Å². The zero-order valence-corrected chi connectivity index (χ0v) is 20.3. The number of pyridine rings is 1. The number of hydrogen-bond donors (Lipinski definition) is 2. The van der Waals surface area contributed by atoms with Crippen LogP contribution in [0.2, 0.25) is 0 Å². The molecular formula is C22H32IN5O2. The van der Waals surface area contributed by atoms with Gasteiger partial charge in [-0.3, -0.25) is 0 Å². The van der Waals surface area contributed by atoms with E-state index in [-0.39, 0.29) is 24.0 Å². The van der Waals surface area contributed by atoms with Crippen LogP contribution in [0.5, 0.6) is 11.5 Å². The first-order valence-corrected chi connectivity index (χ1v) is 10.3. The molecule has 0 radical (unpaired) electrons. The topological polar surface area (TPSA) is 71.0 Å². The maximum atomic E-state index is 5.58. The summed E-state index contributed by atoms with van der Waals surface area (Å²) in [6.45, 7) is 8.12. The maximum Gasteiger partial charge on any atom is 0.196 e. The number of rotatable bonds is 8. The molecule has 30 heavy (non-hydrogen) atoms. The van der Waals surface area contributed by atoms with E-state index in [9.17, 15) is 0 Å². The molecule has 0 saturated carbocycles. The molecule has 0 unspecified atom stereocenters. The molecule has 164 valence electrons. The average molecular weight is 525 g/mol. The molecule has 1 aliphatic heterocycles. The van der Waals surface area contributed by atoms with Crippen molar-refractivity contribution in [3.05, 3.63) is 42.1 Å². The smallest absolute Gasteiger partial charge is 0.196 e. The van der Waals surface area contributed by atoms with Crippen molar-refractivity contribution >= 4 is 41.4 Å². The number of guanidine groups is 1. The SMILES string of the molecule is CCNC(=NCc1ccc(N2CCCC2)nc1)Nc1ccc(OCC)c(OC)c1.I. The lowest BCUT2D eigenvalue weighted by atomic mass is 10.2. The molecule has 0 atom stereocenters. The van der Waals surface area contributed by atoms with Crippen molar-refractivity contribution in [2.24, 2.45) is 4.99 Å². The van der Waals surface area contributed by atoms with Crippen LogP contribution in [-0.2, 0) is 6.54 Å². The van der Waals surface area contributed by atoms with Gasteiger partial charge in [0, 0.05) is 37.6 Å². The highest BCUT2D eigenvalue weighted by Gasteiger charge is 2.13. The molecule has 1 aromatic heterocycles. The first kappa shape index (κ1) is 24.0. The number of aromatic nitrogens is 1. The molecule has 2 N–H and O–H groups in total. The Morgan fingerprint density at radius 2 is 1.93 bits per heavy atom. The number of anilines is 2. The number of aliphatic imine (C=N–C) groups is 1. The van der Waals surface area contributed by atoms with E-state index in [1.54, 1.807) is 7.11 Å². The van der Waals surface area contributed by atoms with Crippen molar-refractivity contribution < 1.29 is 9.47 Å². The monoisotopic (exact) mass is 525 g/mol. The summed E-state index contributed by atoms with van der Waals surface area (Å²) in [6, 6.07) is 9.95. The number of hydrogen-bond acceptors (Lipinski definition) is 5. The van der Waals surface area contributed by atoms with Gasteiger partial charge >= 0.3 is 0 Å². The van der Waals surface area contributed by atoms with Gasteiger partial charge in [0.25, 0.3) is 0 Å². The van der Waals surface area contributed by atoms with Gasteiger partial charge < -0.3 is 25.0 Å². The summed E-state index contributed by atoms with van der Waals surface area (Å²) in [4.78, 5) is 11.6. The van der Waals surface area contributed by atoms with Gasteiger partial charge in [-0.2, -0.15) is 0 Å². The summed E-state index contributed by atoms with van der Waals surface area (Å²) in [7, 11) is 1.64. The highest BCUT2D eigenvalue weighted by molar-refractivity contribution is 14.0. The van der Waals surface area contributed by atoms with Gasteiger partial charge in [-0.1, -0.05) is 6.07 Å². The lowest BCUT2D eigenvalue weighted by Gasteiger charge is -2.16. The number of ether oxygens (including phenoxy) is 2. The summed E-state index contributed by atoms with van der Waals surface area (Å²) in [5.41, 5.74) is 1.96. The molecule has 0 spiro atoms. The van der Waals surface area contributed by atoms with Gasteiger partial charge in [0.1, 0.15) is 5.82 Å². The van der Waals surface area contributed by atoms with Gasteiger partial charge in [0.2, 0.25) is 0 Å². The molecule has 2 aromatic rings. The second kappa shape index (κ2) is 12.5. The Labute approximate surface area is 196 Å². The number of halogens is 1. The summed E-state index contributed by atoms with van der Waals surface area (Å²) in [6.07, 6.45) is 4.42. The molecule has 3 rings (SSSR count). The normalized spacial score (nSPS) is 13.6. The third-order valence-electron chi connectivity index (χ3n) is 4.73. The van der Waals surface area contributed by atoms with Crippen molar-refractivity contribution in [1.29, 1.82) is 0 Å². The fourth-order valence-corrected chi connectivity index (χ4v) is 3.28. The number of methoxy groups -OCH3 is 1. The molecular weight excluding hydrogens is 493 g/mol. The number of nitrogens with zero attached hydrogens (tertiary/aromatic N) is 3. The minimum absolute atomic E-state index is 0. The van der Waals surface area contributed by atoms with Crippen LogP contribution in [0.1, 0.15) is 32.3 Å². The molecule has 1 fully saturated rings. The minimum Gasteiger partial charge on any atom is -0.493 e. The molecule has 1 aliphatic rings. The molecule has 1 aromatic carbocycles. The van der Waals surface area contributed by atoms with E-state index in [4.69, 9.17) is 9.47 Å². The molecule has 2 heterocycles. The first-order valence-electron chi connectivity index (χ1n) is 10.3. The Kier molecular flexibility index (Phi) is 9.99. The Balaban J connectivity index is 0.00000320. The largest absolute Gasteiger partial charge is 0.493 e.